The van der Waals surface area contributed by atoms with Crippen LogP contribution in [0.4, 0.5) is 4.39 Å². The number of nitrogens with zero attached hydrogens (tertiary/aromatic N) is 2. The molecule has 1 saturated heterocycles. The number of halogens is 1. The van der Waals surface area contributed by atoms with Crippen molar-refractivity contribution in [2.75, 3.05) is 26.7 Å². The van der Waals surface area contributed by atoms with Crippen molar-refractivity contribution in [3.63, 3.8) is 0 Å². The number of carbonyl (C=O) groups is 2. The summed E-state index contributed by atoms with van der Waals surface area (Å²) in [5.74, 6) is -0.628. The van der Waals surface area contributed by atoms with Crippen LogP contribution in [0, 0.1) is 24.1 Å². The van der Waals surface area contributed by atoms with Crippen molar-refractivity contribution in [2.45, 2.75) is 45.3 Å². The fourth-order valence-corrected chi connectivity index (χ4v) is 3.76. The van der Waals surface area contributed by atoms with Gasteiger partial charge in [-0.05, 0) is 60.8 Å². The maximum atomic E-state index is 14.9. The van der Waals surface area contributed by atoms with E-state index in [0.29, 0.717) is 42.9 Å². The summed E-state index contributed by atoms with van der Waals surface area (Å²) in [6.07, 6.45) is 0.462. The molecule has 180 valence electrons. The summed E-state index contributed by atoms with van der Waals surface area (Å²) in [6, 6.07) is 11.3. The number of hydrogen-bond donors (Lipinski definition) is 1. The van der Waals surface area contributed by atoms with E-state index in [2.05, 4.69) is 5.32 Å². The van der Waals surface area contributed by atoms with Crippen LogP contribution in [0.25, 0.3) is 11.1 Å². The Hall–Kier alpha value is -3.28. The molecule has 2 unspecified atom stereocenters. The number of hydrogen-bond acceptors (Lipinski definition) is 6. The van der Waals surface area contributed by atoms with Crippen molar-refractivity contribution in [1.82, 2.24) is 10.2 Å². The Balaban J connectivity index is 1.67. The van der Waals surface area contributed by atoms with Crippen LogP contribution in [0.5, 0.6) is 5.75 Å². The number of ether oxygens (including phenoxy) is 2. The number of nitriles is 1. The lowest BCUT2D eigenvalue weighted by atomic mass is 9.99. The number of morpholine rings is 1. The molecule has 8 heteroatoms. The van der Waals surface area contributed by atoms with Gasteiger partial charge in [0, 0.05) is 25.9 Å². The maximum Gasteiger partial charge on any atom is 0.311 e. The number of aryl methyl sites for hydroxylation is 1. The first-order chi connectivity index (χ1) is 16.3. The highest BCUT2D eigenvalue weighted by molar-refractivity contribution is 5.81. The van der Waals surface area contributed by atoms with Crippen molar-refractivity contribution in [2.24, 2.45) is 0 Å². The standard InChI is InChI=1S/C26H30FN3O4/c1-4-5-25(31)34-23-9-8-18(12-17(23)2)19-6-7-20(22(27)14-19)13-21(15-28)29-26(32)24-16-30(3)10-11-33-24/h6-9,12,14,21,24H,4-5,10-11,13,16H2,1-3H3,(H,29,32). The van der Waals surface area contributed by atoms with Crippen LogP contribution in [0.3, 0.4) is 0 Å². The van der Waals surface area contributed by atoms with E-state index in [1.807, 2.05) is 37.9 Å². The fourth-order valence-electron chi connectivity index (χ4n) is 3.76. The topological polar surface area (TPSA) is 91.7 Å². The van der Waals surface area contributed by atoms with E-state index in [0.717, 1.165) is 17.7 Å². The van der Waals surface area contributed by atoms with Gasteiger partial charge in [-0.15, -0.1) is 0 Å². The smallest absolute Gasteiger partial charge is 0.311 e. The van der Waals surface area contributed by atoms with Crippen LogP contribution < -0.4 is 10.1 Å². The summed E-state index contributed by atoms with van der Waals surface area (Å²) in [7, 11) is 1.90. The second kappa shape index (κ2) is 11.7. The lowest BCUT2D eigenvalue weighted by Gasteiger charge is -2.29. The Morgan fingerprint density at radius 1 is 1.29 bits per heavy atom. The monoisotopic (exact) mass is 467 g/mol. The fraction of sp³-hybridized carbons (Fsp3) is 0.423. The minimum atomic E-state index is -0.872. The third-order valence-electron chi connectivity index (χ3n) is 5.70. The van der Waals surface area contributed by atoms with E-state index >= 15 is 0 Å². The average molecular weight is 468 g/mol. The van der Waals surface area contributed by atoms with Crippen molar-refractivity contribution in [3.05, 3.63) is 53.3 Å². The molecule has 1 amide bonds. The van der Waals surface area contributed by atoms with Gasteiger partial charge >= 0.3 is 5.97 Å². The summed E-state index contributed by atoms with van der Waals surface area (Å²) in [4.78, 5) is 26.2. The van der Waals surface area contributed by atoms with Gasteiger partial charge in [0.2, 0.25) is 0 Å². The summed E-state index contributed by atoms with van der Waals surface area (Å²) < 4.78 is 25.7. The molecule has 1 aliphatic rings. The number of carbonyl (C=O) groups excluding carboxylic acids is 2. The first kappa shape index (κ1) is 25.3. The average Bonchev–Trinajstić information content (AvgIpc) is 2.81. The Kier molecular flexibility index (Phi) is 8.74. The normalized spacial score (nSPS) is 17.0. The predicted octanol–water partition coefficient (Wildman–Crippen LogP) is 3.39. The number of esters is 1. The molecule has 3 rings (SSSR count). The summed E-state index contributed by atoms with van der Waals surface area (Å²) in [5, 5.41) is 12.1. The zero-order chi connectivity index (χ0) is 24.7. The largest absolute Gasteiger partial charge is 0.426 e. The van der Waals surface area contributed by atoms with E-state index in [9.17, 15) is 19.2 Å². The highest BCUT2D eigenvalue weighted by atomic mass is 19.1. The molecule has 0 saturated carbocycles. The van der Waals surface area contributed by atoms with Crippen molar-refractivity contribution >= 4 is 11.9 Å². The van der Waals surface area contributed by atoms with Gasteiger partial charge in [-0.2, -0.15) is 5.26 Å². The molecule has 0 aromatic heterocycles. The molecule has 2 aromatic carbocycles. The zero-order valence-corrected chi connectivity index (χ0v) is 19.8. The Bertz CT molecular complexity index is 1080. The summed E-state index contributed by atoms with van der Waals surface area (Å²) in [5.41, 5.74) is 2.54. The second-order valence-electron chi connectivity index (χ2n) is 8.53. The van der Waals surface area contributed by atoms with Crippen molar-refractivity contribution in [1.29, 1.82) is 5.26 Å². The number of amides is 1. The Morgan fingerprint density at radius 3 is 2.68 bits per heavy atom. The molecule has 1 aliphatic heterocycles. The van der Waals surface area contributed by atoms with Gasteiger partial charge in [-0.3, -0.25) is 9.59 Å². The van der Waals surface area contributed by atoms with Crippen molar-refractivity contribution in [3.8, 4) is 22.9 Å². The maximum absolute atomic E-state index is 14.9. The van der Waals surface area contributed by atoms with Crippen LogP contribution in [0.15, 0.2) is 36.4 Å². The zero-order valence-electron chi connectivity index (χ0n) is 19.8. The van der Waals surface area contributed by atoms with Gasteiger partial charge in [0.05, 0.1) is 12.7 Å². The SMILES string of the molecule is CCCC(=O)Oc1ccc(-c2ccc(CC(C#N)NC(=O)C3CN(C)CCO3)c(F)c2)cc1C. The molecule has 7 nitrogen and oxygen atoms in total. The Labute approximate surface area is 199 Å². The van der Waals surface area contributed by atoms with Gasteiger partial charge in [0.15, 0.2) is 0 Å². The molecule has 0 spiro atoms. The second-order valence-corrected chi connectivity index (χ2v) is 8.53. The molecule has 0 radical (unpaired) electrons. The van der Waals surface area contributed by atoms with E-state index in [-0.39, 0.29) is 18.3 Å². The minimum absolute atomic E-state index is 0.0439. The van der Waals surface area contributed by atoms with Crippen LogP contribution in [0.1, 0.15) is 30.9 Å². The molecule has 2 aromatic rings. The first-order valence-electron chi connectivity index (χ1n) is 11.4. The third kappa shape index (κ3) is 6.62. The number of nitrogens with one attached hydrogen (secondary N) is 1. The summed E-state index contributed by atoms with van der Waals surface area (Å²) >= 11 is 0. The molecule has 0 bridgehead atoms. The molecule has 1 heterocycles. The van der Waals surface area contributed by atoms with E-state index in [1.54, 1.807) is 24.3 Å². The molecule has 1 fully saturated rings. The first-order valence-corrected chi connectivity index (χ1v) is 11.4. The predicted molar refractivity (Wildman–Crippen MR) is 126 cm³/mol. The minimum Gasteiger partial charge on any atom is -0.426 e. The van der Waals surface area contributed by atoms with Crippen LogP contribution >= 0.6 is 0 Å². The highest BCUT2D eigenvalue weighted by Crippen LogP contribution is 2.28. The van der Waals surface area contributed by atoms with E-state index in [4.69, 9.17) is 9.47 Å². The molecular formula is C26H30FN3O4. The van der Waals surface area contributed by atoms with E-state index in [1.165, 1.54) is 6.07 Å². The highest BCUT2D eigenvalue weighted by Gasteiger charge is 2.27. The van der Waals surface area contributed by atoms with Gasteiger partial charge in [-0.1, -0.05) is 25.1 Å². The Morgan fingerprint density at radius 2 is 2.03 bits per heavy atom. The third-order valence-corrected chi connectivity index (χ3v) is 5.70. The number of rotatable bonds is 8. The quantitative estimate of drug-likeness (QED) is 0.473. The molecule has 34 heavy (non-hydrogen) atoms. The number of benzene rings is 2. The van der Waals surface area contributed by atoms with Gasteiger partial charge in [-0.25, -0.2) is 4.39 Å². The summed E-state index contributed by atoms with van der Waals surface area (Å²) in [6.45, 7) is 5.38. The van der Waals surface area contributed by atoms with Crippen LogP contribution in [0.2, 0.25) is 0 Å². The van der Waals surface area contributed by atoms with Gasteiger partial charge < -0.3 is 19.7 Å². The lowest BCUT2D eigenvalue weighted by Crippen LogP contribution is -2.50. The molecule has 1 N–H and O–H groups in total. The van der Waals surface area contributed by atoms with Crippen LogP contribution in [-0.4, -0.2) is 55.7 Å². The van der Waals surface area contributed by atoms with E-state index < -0.39 is 18.0 Å². The molecule has 0 aliphatic carbocycles. The molecule has 2 atom stereocenters. The molecular weight excluding hydrogens is 437 g/mol. The van der Waals surface area contributed by atoms with Gasteiger partial charge in [0.25, 0.3) is 5.91 Å². The van der Waals surface area contributed by atoms with Gasteiger partial charge in [0.1, 0.15) is 23.7 Å². The van der Waals surface area contributed by atoms with Crippen molar-refractivity contribution < 1.29 is 23.5 Å². The van der Waals surface area contributed by atoms with Crippen LogP contribution in [-0.2, 0) is 20.7 Å². The lowest BCUT2D eigenvalue weighted by molar-refractivity contribution is -0.138. The number of likely N-dealkylation sites (N-methyl/N-ethyl adjacent to an activating group) is 1.